The molecule has 1 fully saturated rings. The van der Waals surface area contributed by atoms with Gasteiger partial charge in [-0.05, 0) is 49.2 Å². The number of rotatable bonds is 6. The molecule has 0 bridgehead atoms. The lowest BCUT2D eigenvalue weighted by atomic mass is 10.1. The van der Waals surface area contributed by atoms with Crippen LogP contribution in [0.3, 0.4) is 0 Å². The molecular weight excluding hydrogens is 391 g/mol. The first-order valence-corrected chi connectivity index (χ1v) is 10.6. The minimum absolute atomic E-state index is 0.195. The summed E-state index contributed by atoms with van der Waals surface area (Å²) in [5.41, 5.74) is 1.11. The highest BCUT2D eigenvalue weighted by atomic mass is 32.1. The molecule has 1 atom stereocenters. The molecule has 0 radical (unpaired) electrons. The third-order valence-corrected chi connectivity index (χ3v) is 6.23. The van der Waals surface area contributed by atoms with Crippen LogP contribution in [0, 0.1) is 5.82 Å². The van der Waals surface area contributed by atoms with Gasteiger partial charge in [0.25, 0.3) is 0 Å². The quantitative estimate of drug-likeness (QED) is 0.671. The van der Waals surface area contributed by atoms with E-state index in [-0.39, 0.29) is 18.5 Å². The molecule has 4 rings (SSSR count). The minimum Gasteiger partial charge on any atom is -0.491 e. The van der Waals surface area contributed by atoms with Crippen molar-refractivity contribution in [3.8, 4) is 5.75 Å². The number of nitrogens with zero attached hydrogens (tertiary/aromatic N) is 4. The molecule has 3 aromatic rings. The molecular formula is C21H25FN4O2S. The highest BCUT2D eigenvalue weighted by Gasteiger charge is 2.21. The smallest absolute Gasteiger partial charge is 0.187 e. The maximum Gasteiger partial charge on any atom is 0.187 e. The van der Waals surface area contributed by atoms with E-state index in [0.29, 0.717) is 12.3 Å². The first kappa shape index (κ1) is 20.0. The Bertz CT molecular complexity index is 1010. The lowest BCUT2D eigenvalue weighted by molar-refractivity contribution is 0.0596. The maximum atomic E-state index is 12.9. The topological polar surface area (TPSA) is 62.9 Å². The molecule has 1 saturated heterocycles. The lowest BCUT2D eigenvalue weighted by Crippen LogP contribution is -2.42. The van der Waals surface area contributed by atoms with Gasteiger partial charge in [-0.15, -0.1) is 0 Å². The largest absolute Gasteiger partial charge is 0.491 e. The molecule has 2 aromatic heterocycles. The van der Waals surface area contributed by atoms with Crippen LogP contribution in [-0.4, -0.2) is 57.9 Å². The average molecular weight is 417 g/mol. The Labute approximate surface area is 172 Å². The summed E-state index contributed by atoms with van der Waals surface area (Å²) in [5.74, 6) is 0.264. The number of hydrogen-bond donors (Lipinski definition) is 1. The number of fused-ring (bicyclic) bond motifs is 1. The lowest BCUT2D eigenvalue weighted by Gasteiger charge is -2.31. The minimum atomic E-state index is -0.583. The van der Waals surface area contributed by atoms with Crippen molar-refractivity contribution in [3.63, 3.8) is 0 Å². The second-order valence-electron chi connectivity index (χ2n) is 7.35. The maximum absolute atomic E-state index is 12.9. The SMILES string of the molecule is Cn1/c(=N/C2CCN(CC(O)COc3ccc(F)cc3)CC2)sc2ncccc21. The van der Waals surface area contributed by atoms with Crippen LogP contribution in [0.4, 0.5) is 4.39 Å². The highest BCUT2D eigenvalue weighted by molar-refractivity contribution is 7.15. The van der Waals surface area contributed by atoms with Gasteiger partial charge in [-0.25, -0.2) is 9.37 Å². The van der Waals surface area contributed by atoms with Crippen molar-refractivity contribution >= 4 is 21.7 Å². The fraction of sp³-hybridized carbons (Fsp3) is 0.429. The van der Waals surface area contributed by atoms with Gasteiger partial charge in [0.15, 0.2) is 4.80 Å². The molecule has 3 heterocycles. The molecule has 1 N–H and O–H groups in total. The number of β-amino-alcohol motifs (C(OH)–C–C–N with tert-alkyl or cyclic N) is 1. The van der Waals surface area contributed by atoms with E-state index in [1.165, 1.54) is 12.1 Å². The van der Waals surface area contributed by atoms with E-state index in [0.717, 1.165) is 41.1 Å². The number of aromatic nitrogens is 2. The molecule has 1 aliphatic heterocycles. The Balaban J connectivity index is 1.27. The van der Waals surface area contributed by atoms with E-state index in [2.05, 4.69) is 20.5 Å². The molecule has 6 nitrogen and oxygen atoms in total. The second kappa shape index (κ2) is 9.02. The van der Waals surface area contributed by atoms with Crippen molar-refractivity contribution in [2.24, 2.45) is 12.0 Å². The molecule has 0 amide bonds. The molecule has 1 unspecified atom stereocenters. The van der Waals surface area contributed by atoms with Crippen LogP contribution in [0.15, 0.2) is 47.6 Å². The number of aliphatic hydroxyl groups is 1. The number of aryl methyl sites for hydroxylation is 1. The Hall–Kier alpha value is -2.29. The van der Waals surface area contributed by atoms with Gasteiger partial charge in [-0.3, -0.25) is 4.99 Å². The summed E-state index contributed by atoms with van der Waals surface area (Å²) in [7, 11) is 2.03. The fourth-order valence-electron chi connectivity index (χ4n) is 3.55. The van der Waals surface area contributed by atoms with E-state index in [1.54, 1.807) is 23.5 Å². The van der Waals surface area contributed by atoms with Gasteiger partial charge < -0.3 is 19.3 Å². The van der Waals surface area contributed by atoms with Gasteiger partial charge in [0, 0.05) is 32.9 Å². The first-order chi connectivity index (χ1) is 14.1. The Kier molecular flexibility index (Phi) is 6.22. The number of likely N-dealkylation sites (tertiary alicyclic amines) is 1. The molecule has 154 valence electrons. The molecule has 29 heavy (non-hydrogen) atoms. The molecule has 8 heteroatoms. The molecule has 0 saturated carbocycles. The van der Waals surface area contributed by atoms with Crippen molar-refractivity contribution in [2.75, 3.05) is 26.2 Å². The van der Waals surface area contributed by atoms with Crippen molar-refractivity contribution < 1.29 is 14.2 Å². The van der Waals surface area contributed by atoms with Crippen LogP contribution in [0.1, 0.15) is 12.8 Å². The second-order valence-corrected chi connectivity index (χ2v) is 8.31. The average Bonchev–Trinajstić information content (AvgIpc) is 3.05. The number of piperidine rings is 1. The van der Waals surface area contributed by atoms with Gasteiger partial charge in [0.1, 0.15) is 29.1 Å². The van der Waals surface area contributed by atoms with Crippen LogP contribution >= 0.6 is 11.3 Å². The van der Waals surface area contributed by atoms with Crippen LogP contribution in [-0.2, 0) is 7.05 Å². The molecule has 1 aliphatic rings. The van der Waals surface area contributed by atoms with Gasteiger partial charge in [0.05, 0.1) is 11.6 Å². The monoisotopic (exact) mass is 416 g/mol. The van der Waals surface area contributed by atoms with E-state index >= 15 is 0 Å². The normalized spacial score (nSPS) is 17.7. The fourth-order valence-corrected chi connectivity index (χ4v) is 4.58. The van der Waals surface area contributed by atoms with Gasteiger partial charge in [-0.1, -0.05) is 11.3 Å². The van der Waals surface area contributed by atoms with Crippen molar-refractivity contribution in [2.45, 2.75) is 25.0 Å². The van der Waals surface area contributed by atoms with Crippen LogP contribution in [0.5, 0.6) is 5.75 Å². The third kappa shape index (κ3) is 5.01. The Morgan fingerprint density at radius 2 is 2.03 bits per heavy atom. The summed E-state index contributed by atoms with van der Waals surface area (Å²) >= 11 is 1.63. The zero-order valence-corrected chi connectivity index (χ0v) is 17.2. The third-order valence-electron chi connectivity index (χ3n) is 5.16. The summed E-state index contributed by atoms with van der Waals surface area (Å²) in [6.07, 6.45) is 3.16. The highest BCUT2D eigenvalue weighted by Crippen LogP contribution is 2.17. The van der Waals surface area contributed by atoms with Gasteiger partial charge >= 0.3 is 0 Å². The Morgan fingerprint density at radius 3 is 2.76 bits per heavy atom. The van der Waals surface area contributed by atoms with Crippen LogP contribution in [0.25, 0.3) is 10.3 Å². The summed E-state index contributed by atoms with van der Waals surface area (Å²) < 4.78 is 20.6. The number of thiazole rings is 1. The standard InChI is InChI=1S/C21H25FN4O2S/c1-25-19-3-2-10-23-20(19)29-21(25)24-16-8-11-26(12-9-16)13-17(27)14-28-18-6-4-15(22)5-7-18/h2-7,10,16-17,27H,8-9,11-14H2,1H3/b24-21-. The van der Waals surface area contributed by atoms with Crippen molar-refractivity contribution in [1.82, 2.24) is 14.5 Å². The predicted molar refractivity (Wildman–Crippen MR) is 112 cm³/mol. The number of benzene rings is 1. The predicted octanol–water partition coefficient (Wildman–Crippen LogP) is 2.58. The molecule has 0 spiro atoms. The number of hydrogen-bond acceptors (Lipinski definition) is 6. The zero-order valence-electron chi connectivity index (χ0n) is 16.4. The van der Waals surface area contributed by atoms with Crippen molar-refractivity contribution in [3.05, 3.63) is 53.2 Å². The zero-order chi connectivity index (χ0) is 20.2. The van der Waals surface area contributed by atoms with Crippen LogP contribution in [0.2, 0.25) is 0 Å². The summed E-state index contributed by atoms with van der Waals surface area (Å²) in [4.78, 5) is 13.6. The van der Waals surface area contributed by atoms with E-state index in [4.69, 9.17) is 9.73 Å². The van der Waals surface area contributed by atoms with E-state index < -0.39 is 6.10 Å². The number of halogens is 1. The van der Waals surface area contributed by atoms with Gasteiger partial charge in [0.2, 0.25) is 0 Å². The van der Waals surface area contributed by atoms with Gasteiger partial charge in [-0.2, -0.15) is 0 Å². The van der Waals surface area contributed by atoms with E-state index in [9.17, 15) is 9.50 Å². The Morgan fingerprint density at radius 1 is 1.28 bits per heavy atom. The molecule has 0 aliphatic carbocycles. The summed E-state index contributed by atoms with van der Waals surface area (Å²) in [5, 5.41) is 10.3. The number of ether oxygens (including phenoxy) is 1. The number of aliphatic hydroxyl groups excluding tert-OH is 1. The summed E-state index contributed by atoms with van der Waals surface area (Å²) in [6.45, 7) is 2.55. The van der Waals surface area contributed by atoms with Crippen LogP contribution < -0.4 is 9.54 Å². The van der Waals surface area contributed by atoms with Crippen molar-refractivity contribution in [1.29, 1.82) is 0 Å². The first-order valence-electron chi connectivity index (χ1n) is 9.81. The summed E-state index contributed by atoms with van der Waals surface area (Å²) in [6, 6.07) is 10.1. The van der Waals surface area contributed by atoms with E-state index in [1.807, 2.05) is 19.3 Å². The molecule has 1 aromatic carbocycles. The number of pyridine rings is 1.